The van der Waals surface area contributed by atoms with E-state index in [2.05, 4.69) is 16.6 Å². The fraction of sp³-hybridized carbons (Fsp3) is 0.409. The third-order valence-corrected chi connectivity index (χ3v) is 6.80. The minimum Gasteiger partial charge on any atom is -0.415 e. The van der Waals surface area contributed by atoms with Crippen molar-refractivity contribution < 1.29 is 37.1 Å². The number of amides is 1. The molecule has 0 aliphatic carbocycles. The summed E-state index contributed by atoms with van der Waals surface area (Å²) in [4.78, 5) is 21.7. The van der Waals surface area contributed by atoms with E-state index in [1.807, 2.05) is 6.92 Å². The van der Waals surface area contributed by atoms with Crippen LogP contribution in [0.25, 0.3) is 0 Å². The Morgan fingerprint density at radius 2 is 2.00 bits per heavy atom. The van der Waals surface area contributed by atoms with E-state index in [4.69, 9.17) is 13.7 Å². The highest BCUT2D eigenvalue weighted by Crippen LogP contribution is 2.36. The number of aliphatic imine (C=N–C) groups is 1. The van der Waals surface area contributed by atoms with Gasteiger partial charge in [-0.15, -0.1) is 0 Å². The summed E-state index contributed by atoms with van der Waals surface area (Å²) in [6, 6.07) is 6.20. The molecule has 4 atom stereocenters. The normalized spacial score (nSPS) is 24.2. The van der Waals surface area contributed by atoms with Crippen LogP contribution in [0.5, 0.6) is 0 Å². The quantitative estimate of drug-likeness (QED) is 0.442. The van der Waals surface area contributed by atoms with Gasteiger partial charge in [-0.2, -0.15) is 8.42 Å². The van der Waals surface area contributed by atoms with Crippen molar-refractivity contribution in [2.24, 2.45) is 4.99 Å². The van der Waals surface area contributed by atoms with Crippen molar-refractivity contribution >= 4 is 28.4 Å². The molecule has 2 aliphatic rings. The zero-order chi connectivity index (χ0) is 25.3. The van der Waals surface area contributed by atoms with Gasteiger partial charge in [-0.25, -0.2) is 14.8 Å². The zero-order valence-corrected chi connectivity index (χ0v) is 20.0. The molecule has 0 bridgehead atoms. The summed E-state index contributed by atoms with van der Waals surface area (Å²) in [7, 11) is -4.03. The van der Waals surface area contributed by atoms with Gasteiger partial charge in [0, 0.05) is 6.42 Å². The molecule has 3 heterocycles. The first-order valence-corrected chi connectivity index (χ1v) is 12.2. The Balaban J connectivity index is 1.46. The second-order valence-corrected chi connectivity index (χ2v) is 9.94. The number of hydrogen-bond acceptors (Lipinski definition) is 10. The molecule has 1 saturated heterocycles. The second kappa shape index (κ2) is 9.87. The third kappa shape index (κ3) is 5.44. The summed E-state index contributed by atoms with van der Waals surface area (Å²) in [5.74, 6) is 0.419. The standard InChI is InChI=1S/C22H26N4O8S/c1-13(2)33-22(29)25-9-17(28)20-21(24-11-25)26(12-23-20)19-8-16(27)18(34-19)10-32-35(30,31)15-6-4-14(3)5-7-15/h4-7,11-12,16-19,27-28H,1,8-10H2,2-3H3/t16?,17?,18-,19-/m1/s1. The Bertz CT molecular complexity index is 1240. The number of carbonyl (C=O) groups excluding carboxylic acids is 1. The lowest BCUT2D eigenvalue weighted by molar-refractivity contribution is -0.0377. The maximum absolute atomic E-state index is 12.5. The van der Waals surface area contributed by atoms with Crippen LogP contribution in [-0.4, -0.2) is 70.9 Å². The molecule has 4 rings (SSSR count). The lowest BCUT2D eigenvalue weighted by Gasteiger charge is -2.17. The summed E-state index contributed by atoms with van der Waals surface area (Å²) >= 11 is 0. The first kappa shape index (κ1) is 25.0. The van der Waals surface area contributed by atoms with E-state index in [-0.39, 0.29) is 35.1 Å². The van der Waals surface area contributed by atoms with Crippen LogP contribution in [0.15, 0.2) is 52.8 Å². The average Bonchev–Trinajstić information content (AvgIpc) is 3.33. The van der Waals surface area contributed by atoms with Crippen LogP contribution in [0.3, 0.4) is 0 Å². The number of aryl methyl sites for hydroxylation is 1. The van der Waals surface area contributed by atoms with Gasteiger partial charge in [-0.05, 0) is 26.0 Å². The van der Waals surface area contributed by atoms with Gasteiger partial charge in [0.15, 0.2) is 5.82 Å². The summed E-state index contributed by atoms with van der Waals surface area (Å²) in [5, 5.41) is 21.0. The van der Waals surface area contributed by atoms with Crippen molar-refractivity contribution in [3.8, 4) is 0 Å². The molecular weight excluding hydrogens is 480 g/mol. The van der Waals surface area contributed by atoms with Gasteiger partial charge in [-0.3, -0.25) is 13.7 Å². The van der Waals surface area contributed by atoms with Gasteiger partial charge in [0.2, 0.25) is 0 Å². The van der Waals surface area contributed by atoms with E-state index in [1.165, 1.54) is 36.3 Å². The SMILES string of the molecule is C=C(C)OC(=O)N1C=Nc2c(ncn2[C@H]2CC(O)[C@@H](COS(=O)(=O)c3ccc(C)cc3)O2)C(O)C1. The fourth-order valence-corrected chi connectivity index (χ4v) is 4.61. The number of imidazole rings is 1. The number of β-amino-alcohol motifs (C(OH)–C–C–N with tert-alkyl or cyclic N) is 1. The predicted molar refractivity (Wildman–Crippen MR) is 122 cm³/mol. The number of aromatic nitrogens is 2. The topological polar surface area (TPSA) is 153 Å². The van der Waals surface area contributed by atoms with Gasteiger partial charge in [0.25, 0.3) is 10.1 Å². The summed E-state index contributed by atoms with van der Waals surface area (Å²) in [6.45, 7) is 6.34. The molecule has 12 nitrogen and oxygen atoms in total. The fourth-order valence-electron chi connectivity index (χ4n) is 3.69. The molecule has 2 aromatic rings. The lowest BCUT2D eigenvalue weighted by atomic mass is 10.2. The molecule has 2 aliphatic heterocycles. The molecule has 35 heavy (non-hydrogen) atoms. The van der Waals surface area contributed by atoms with E-state index in [9.17, 15) is 23.4 Å². The van der Waals surface area contributed by atoms with Gasteiger partial charge in [0.05, 0.1) is 36.2 Å². The Hall–Kier alpha value is -3.10. The third-order valence-electron chi connectivity index (χ3n) is 5.51. The van der Waals surface area contributed by atoms with Crippen LogP contribution in [0, 0.1) is 6.92 Å². The number of benzene rings is 1. The maximum Gasteiger partial charge on any atom is 0.420 e. The van der Waals surface area contributed by atoms with Gasteiger partial charge < -0.3 is 19.7 Å². The van der Waals surface area contributed by atoms with Gasteiger partial charge in [-0.1, -0.05) is 24.3 Å². The van der Waals surface area contributed by atoms with E-state index in [0.717, 1.165) is 10.5 Å². The van der Waals surface area contributed by atoms with E-state index in [0.29, 0.717) is 0 Å². The monoisotopic (exact) mass is 506 g/mol. The van der Waals surface area contributed by atoms with Gasteiger partial charge >= 0.3 is 6.09 Å². The minimum absolute atomic E-state index is 0.00474. The molecular formula is C22H26N4O8S. The Morgan fingerprint density at radius 1 is 1.29 bits per heavy atom. The van der Waals surface area contributed by atoms with Crippen LogP contribution < -0.4 is 0 Å². The number of fused-ring (bicyclic) bond motifs is 1. The molecule has 13 heteroatoms. The number of carbonyl (C=O) groups is 1. The summed E-state index contributed by atoms with van der Waals surface area (Å²) in [6.07, 6.45) is -1.90. The predicted octanol–water partition coefficient (Wildman–Crippen LogP) is 1.92. The summed E-state index contributed by atoms with van der Waals surface area (Å²) < 4.78 is 42.4. The molecule has 1 amide bonds. The molecule has 2 unspecified atom stereocenters. The molecule has 0 spiro atoms. The number of aliphatic hydroxyl groups excluding tert-OH is 2. The Labute approximate surface area is 202 Å². The highest BCUT2D eigenvalue weighted by Gasteiger charge is 2.38. The van der Waals surface area contributed by atoms with Crippen LogP contribution >= 0.6 is 0 Å². The van der Waals surface area contributed by atoms with Crippen LogP contribution in [0.1, 0.15) is 36.9 Å². The maximum atomic E-state index is 12.5. The Kier molecular flexibility index (Phi) is 7.05. The molecule has 1 fully saturated rings. The minimum atomic E-state index is -4.03. The first-order chi connectivity index (χ1) is 16.5. The van der Waals surface area contributed by atoms with E-state index >= 15 is 0 Å². The van der Waals surface area contributed by atoms with Crippen molar-refractivity contribution in [2.75, 3.05) is 13.2 Å². The second-order valence-electron chi connectivity index (χ2n) is 8.33. The smallest absolute Gasteiger partial charge is 0.415 e. The molecule has 1 aromatic carbocycles. The van der Waals surface area contributed by atoms with Crippen molar-refractivity contribution in [2.45, 2.75) is 49.7 Å². The lowest BCUT2D eigenvalue weighted by Crippen LogP contribution is -2.33. The number of rotatable bonds is 6. The Morgan fingerprint density at radius 3 is 2.69 bits per heavy atom. The highest BCUT2D eigenvalue weighted by atomic mass is 32.2. The van der Waals surface area contributed by atoms with E-state index < -0.39 is 47.4 Å². The molecule has 0 saturated carbocycles. The first-order valence-electron chi connectivity index (χ1n) is 10.8. The van der Waals surface area contributed by atoms with Crippen molar-refractivity contribution in [3.63, 3.8) is 0 Å². The van der Waals surface area contributed by atoms with E-state index in [1.54, 1.807) is 12.1 Å². The van der Waals surface area contributed by atoms with Crippen LogP contribution in [0.2, 0.25) is 0 Å². The van der Waals surface area contributed by atoms with Crippen molar-refractivity contribution in [1.29, 1.82) is 0 Å². The molecule has 0 radical (unpaired) electrons. The number of ether oxygens (including phenoxy) is 2. The van der Waals surface area contributed by atoms with Crippen LogP contribution in [0.4, 0.5) is 10.6 Å². The number of aliphatic hydroxyl groups is 2. The van der Waals surface area contributed by atoms with Crippen molar-refractivity contribution in [3.05, 3.63) is 54.2 Å². The molecule has 2 N–H and O–H groups in total. The molecule has 188 valence electrons. The molecule has 1 aromatic heterocycles. The summed E-state index contributed by atoms with van der Waals surface area (Å²) in [5.41, 5.74) is 1.12. The van der Waals surface area contributed by atoms with Crippen molar-refractivity contribution in [1.82, 2.24) is 14.5 Å². The largest absolute Gasteiger partial charge is 0.420 e. The number of allylic oxidation sites excluding steroid dienone is 1. The van der Waals surface area contributed by atoms with Crippen LogP contribution in [-0.2, 0) is 23.8 Å². The van der Waals surface area contributed by atoms with Gasteiger partial charge in [0.1, 0.15) is 30.5 Å². The average molecular weight is 507 g/mol. The number of hydrogen-bond donors (Lipinski definition) is 2. The number of nitrogens with zero attached hydrogens (tertiary/aromatic N) is 4. The highest BCUT2D eigenvalue weighted by molar-refractivity contribution is 7.86. The zero-order valence-electron chi connectivity index (χ0n) is 19.1.